The molecule has 2 aromatic carbocycles. The number of fused-ring (bicyclic) bond motifs is 1. The third kappa shape index (κ3) is 4.84. The van der Waals surface area contributed by atoms with Crippen LogP contribution in [0.5, 0.6) is 5.75 Å². The number of nitrogens with one attached hydrogen (secondary N) is 2. The quantitative estimate of drug-likeness (QED) is 0.786. The van der Waals surface area contributed by atoms with Crippen LogP contribution in [0.15, 0.2) is 42.5 Å². The molecule has 0 bridgehead atoms. The summed E-state index contributed by atoms with van der Waals surface area (Å²) in [5.74, 6) is 1.29. The molecule has 0 unspecified atom stereocenters. The van der Waals surface area contributed by atoms with Crippen LogP contribution in [-0.2, 0) is 11.2 Å². The zero-order valence-electron chi connectivity index (χ0n) is 17.7. The van der Waals surface area contributed by atoms with Gasteiger partial charge in [0.25, 0.3) is 5.91 Å². The molecule has 1 atom stereocenters. The van der Waals surface area contributed by atoms with Gasteiger partial charge in [-0.15, -0.1) is 0 Å². The number of anilines is 1. The Morgan fingerprint density at radius 1 is 1.00 bits per heavy atom. The van der Waals surface area contributed by atoms with Crippen LogP contribution in [0.2, 0.25) is 0 Å². The average molecular weight is 407 g/mol. The van der Waals surface area contributed by atoms with Gasteiger partial charge in [0.15, 0.2) is 0 Å². The Bertz CT molecular complexity index is 914. The van der Waals surface area contributed by atoms with E-state index in [1.165, 1.54) is 12.8 Å². The number of aryl methyl sites for hydroxylation is 1. The molecule has 158 valence electrons. The van der Waals surface area contributed by atoms with Gasteiger partial charge in [0.05, 0.1) is 5.92 Å². The molecule has 1 heterocycles. The highest BCUT2D eigenvalue weighted by Crippen LogP contribution is 2.31. The second kappa shape index (κ2) is 8.90. The third-order valence-electron chi connectivity index (χ3n) is 6.27. The monoisotopic (exact) mass is 406 g/mol. The van der Waals surface area contributed by atoms with Crippen molar-refractivity contribution in [2.24, 2.45) is 11.8 Å². The Morgan fingerprint density at radius 2 is 1.73 bits per heavy atom. The maximum atomic E-state index is 12.8. The summed E-state index contributed by atoms with van der Waals surface area (Å²) in [5, 5.41) is 6.17. The molecule has 0 saturated heterocycles. The summed E-state index contributed by atoms with van der Waals surface area (Å²) in [5.41, 5.74) is 3.41. The van der Waals surface area contributed by atoms with Gasteiger partial charge in [0, 0.05) is 17.3 Å². The summed E-state index contributed by atoms with van der Waals surface area (Å²) in [6.07, 6.45) is 5.11. The van der Waals surface area contributed by atoms with Gasteiger partial charge in [0.2, 0.25) is 5.91 Å². The molecule has 0 aromatic heterocycles. The molecular formula is C25H30N2O3. The molecule has 5 nitrogen and oxygen atoms in total. The molecule has 4 rings (SSSR count). The van der Waals surface area contributed by atoms with Crippen molar-refractivity contribution in [2.75, 3.05) is 11.9 Å². The van der Waals surface area contributed by atoms with Gasteiger partial charge in [-0.3, -0.25) is 9.59 Å². The van der Waals surface area contributed by atoms with E-state index in [0.717, 1.165) is 35.6 Å². The fourth-order valence-electron chi connectivity index (χ4n) is 4.27. The molecule has 1 aliphatic carbocycles. The van der Waals surface area contributed by atoms with Crippen LogP contribution >= 0.6 is 0 Å². The van der Waals surface area contributed by atoms with Crippen molar-refractivity contribution in [2.45, 2.75) is 52.0 Å². The van der Waals surface area contributed by atoms with E-state index in [1.807, 2.05) is 49.4 Å². The van der Waals surface area contributed by atoms with Crippen LogP contribution in [0.25, 0.3) is 0 Å². The van der Waals surface area contributed by atoms with Crippen LogP contribution in [0.1, 0.15) is 54.1 Å². The molecular weight excluding hydrogens is 376 g/mol. The SMILES string of the molecule is Cc1ccc(C(=O)Nc2ccc3c(c2)C[C@H](C(=O)NC2CCC(C)CC2)CO3)cc1. The number of rotatable bonds is 4. The molecule has 0 radical (unpaired) electrons. The summed E-state index contributed by atoms with van der Waals surface area (Å²) in [7, 11) is 0. The second-order valence-corrected chi connectivity index (χ2v) is 8.82. The first kappa shape index (κ1) is 20.5. The van der Waals surface area contributed by atoms with E-state index in [1.54, 1.807) is 0 Å². The fraction of sp³-hybridized carbons (Fsp3) is 0.440. The van der Waals surface area contributed by atoms with Gasteiger partial charge in [-0.25, -0.2) is 0 Å². The van der Waals surface area contributed by atoms with Crippen molar-refractivity contribution in [3.8, 4) is 5.75 Å². The number of carbonyl (C=O) groups excluding carboxylic acids is 2. The van der Waals surface area contributed by atoms with Crippen molar-refractivity contribution >= 4 is 17.5 Å². The van der Waals surface area contributed by atoms with Crippen molar-refractivity contribution in [3.05, 3.63) is 59.2 Å². The van der Waals surface area contributed by atoms with E-state index >= 15 is 0 Å². The summed E-state index contributed by atoms with van der Waals surface area (Å²) in [6, 6.07) is 13.4. The zero-order chi connectivity index (χ0) is 21.1. The Balaban J connectivity index is 1.38. The topological polar surface area (TPSA) is 67.4 Å². The molecule has 5 heteroatoms. The van der Waals surface area contributed by atoms with Gasteiger partial charge in [0.1, 0.15) is 12.4 Å². The number of carbonyl (C=O) groups is 2. The first-order chi connectivity index (χ1) is 14.5. The van der Waals surface area contributed by atoms with Gasteiger partial charge >= 0.3 is 0 Å². The summed E-state index contributed by atoms with van der Waals surface area (Å²) in [6.45, 7) is 4.67. The highest BCUT2D eigenvalue weighted by atomic mass is 16.5. The lowest BCUT2D eigenvalue weighted by molar-refractivity contribution is -0.127. The minimum absolute atomic E-state index is 0.0781. The number of hydrogen-bond acceptors (Lipinski definition) is 3. The van der Waals surface area contributed by atoms with Crippen LogP contribution in [-0.4, -0.2) is 24.5 Å². The van der Waals surface area contributed by atoms with Crippen LogP contribution < -0.4 is 15.4 Å². The molecule has 1 fully saturated rings. The number of benzene rings is 2. The highest BCUT2D eigenvalue weighted by Gasteiger charge is 2.29. The maximum Gasteiger partial charge on any atom is 0.255 e. The van der Waals surface area contributed by atoms with Crippen LogP contribution in [0.3, 0.4) is 0 Å². The zero-order valence-corrected chi connectivity index (χ0v) is 17.7. The third-order valence-corrected chi connectivity index (χ3v) is 6.27. The van der Waals surface area contributed by atoms with Crippen molar-refractivity contribution in [1.29, 1.82) is 0 Å². The van der Waals surface area contributed by atoms with E-state index in [9.17, 15) is 9.59 Å². The van der Waals surface area contributed by atoms with Crippen molar-refractivity contribution in [1.82, 2.24) is 5.32 Å². The minimum atomic E-state index is -0.195. The number of hydrogen-bond donors (Lipinski definition) is 2. The minimum Gasteiger partial charge on any atom is -0.492 e. The lowest BCUT2D eigenvalue weighted by Crippen LogP contribution is -2.43. The number of amides is 2. The van der Waals surface area contributed by atoms with Gasteiger partial charge in [-0.05, 0) is 80.8 Å². The molecule has 0 spiro atoms. The Morgan fingerprint density at radius 3 is 2.47 bits per heavy atom. The predicted molar refractivity (Wildman–Crippen MR) is 118 cm³/mol. The van der Waals surface area contributed by atoms with E-state index < -0.39 is 0 Å². The summed E-state index contributed by atoms with van der Waals surface area (Å²) < 4.78 is 5.85. The second-order valence-electron chi connectivity index (χ2n) is 8.82. The molecule has 1 saturated carbocycles. The molecule has 2 amide bonds. The summed E-state index contributed by atoms with van der Waals surface area (Å²) in [4.78, 5) is 25.3. The molecule has 2 N–H and O–H groups in total. The molecule has 30 heavy (non-hydrogen) atoms. The van der Waals surface area contributed by atoms with Crippen LogP contribution in [0.4, 0.5) is 5.69 Å². The lowest BCUT2D eigenvalue weighted by atomic mass is 9.87. The molecule has 2 aromatic rings. The largest absolute Gasteiger partial charge is 0.492 e. The van der Waals surface area contributed by atoms with Gasteiger partial charge in [-0.2, -0.15) is 0 Å². The first-order valence-corrected chi connectivity index (χ1v) is 10.9. The predicted octanol–water partition coefficient (Wildman–Crippen LogP) is 4.49. The summed E-state index contributed by atoms with van der Waals surface area (Å²) >= 11 is 0. The Kier molecular flexibility index (Phi) is 6.07. The van der Waals surface area contributed by atoms with Gasteiger partial charge in [-0.1, -0.05) is 24.6 Å². The van der Waals surface area contributed by atoms with E-state index in [-0.39, 0.29) is 23.8 Å². The maximum absolute atomic E-state index is 12.8. The van der Waals surface area contributed by atoms with E-state index in [2.05, 4.69) is 17.6 Å². The average Bonchev–Trinajstić information content (AvgIpc) is 2.75. The number of ether oxygens (including phenoxy) is 1. The smallest absolute Gasteiger partial charge is 0.255 e. The highest BCUT2D eigenvalue weighted by molar-refractivity contribution is 6.04. The van der Waals surface area contributed by atoms with Crippen molar-refractivity contribution in [3.63, 3.8) is 0 Å². The standard InChI is InChI=1S/C25H30N2O3/c1-16-3-7-18(8-4-16)24(28)27-22-11-12-23-19(14-22)13-20(15-30-23)25(29)26-21-9-5-17(2)6-10-21/h3-4,7-8,11-12,14,17,20-21H,5-6,9-10,13,15H2,1-2H3,(H,26,29)(H,27,28)/t17?,20-,21?/m0/s1. The fourth-order valence-corrected chi connectivity index (χ4v) is 4.27. The van der Waals surface area contributed by atoms with Crippen LogP contribution in [0, 0.1) is 18.8 Å². The van der Waals surface area contributed by atoms with Crippen molar-refractivity contribution < 1.29 is 14.3 Å². The Labute approximate surface area is 178 Å². The normalized spacial score (nSPS) is 23.1. The Hall–Kier alpha value is -2.82. The van der Waals surface area contributed by atoms with E-state index in [0.29, 0.717) is 24.3 Å². The molecule has 2 aliphatic rings. The lowest BCUT2D eigenvalue weighted by Gasteiger charge is -2.30. The molecule has 1 aliphatic heterocycles. The van der Waals surface area contributed by atoms with Gasteiger partial charge < -0.3 is 15.4 Å². The van der Waals surface area contributed by atoms with E-state index in [4.69, 9.17) is 4.74 Å². The first-order valence-electron chi connectivity index (χ1n) is 10.9.